The van der Waals surface area contributed by atoms with Crippen molar-refractivity contribution >= 4 is 0 Å². The van der Waals surface area contributed by atoms with Crippen molar-refractivity contribution in [2.45, 2.75) is 19.5 Å². The standard InChI is InChI=1S/C11H14N4/c1-9(11-4-2-3-6-12-11)13-8-10-5-7-14-15-10/h2-7,9,13H,8H2,1H3,(H,14,15)/t9-/m0/s1. The van der Waals surface area contributed by atoms with Crippen LogP contribution in [-0.2, 0) is 6.54 Å². The van der Waals surface area contributed by atoms with Gasteiger partial charge >= 0.3 is 0 Å². The van der Waals surface area contributed by atoms with E-state index in [9.17, 15) is 0 Å². The summed E-state index contributed by atoms with van der Waals surface area (Å²) in [6, 6.07) is 8.14. The number of rotatable bonds is 4. The summed E-state index contributed by atoms with van der Waals surface area (Å²) in [7, 11) is 0. The van der Waals surface area contributed by atoms with Gasteiger partial charge in [0, 0.05) is 30.7 Å². The molecule has 0 aliphatic heterocycles. The van der Waals surface area contributed by atoms with Crippen LogP contribution < -0.4 is 5.32 Å². The molecule has 1 atom stereocenters. The SMILES string of the molecule is C[C@H](NCc1ccn[nH]1)c1ccccn1. The Morgan fingerprint density at radius 2 is 2.27 bits per heavy atom. The smallest absolute Gasteiger partial charge is 0.0570 e. The normalized spacial score (nSPS) is 12.6. The number of aromatic nitrogens is 3. The number of nitrogens with one attached hydrogen (secondary N) is 2. The summed E-state index contributed by atoms with van der Waals surface area (Å²) in [4.78, 5) is 4.29. The number of nitrogens with zero attached hydrogens (tertiary/aromatic N) is 2. The molecule has 0 amide bonds. The summed E-state index contributed by atoms with van der Waals surface area (Å²) in [6.07, 6.45) is 3.56. The van der Waals surface area contributed by atoms with Gasteiger partial charge in [-0.15, -0.1) is 0 Å². The summed E-state index contributed by atoms with van der Waals surface area (Å²) < 4.78 is 0. The van der Waals surface area contributed by atoms with Crippen molar-refractivity contribution in [1.29, 1.82) is 0 Å². The molecular formula is C11H14N4. The first-order valence-corrected chi connectivity index (χ1v) is 4.99. The maximum absolute atomic E-state index is 4.29. The van der Waals surface area contributed by atoms with Gasteiger partial charge in [0.15, 0.2) is 0 Å². The van der Waals surface area contributed by atoms with Crippen LogP contribution in [0.4, 0.5) is 0 Å². The molecule has 2 heterocycles. The van der Waals surface area contributed by atoms with Crippen molar-refractivity contribution in [3.8, 4) is 0 Å². The maximum atomic E-state index is 4.29. The second kappa shape index (κ2) is 4.70. The molecule has 0 aliphatic rings. The Morgan fingerprint density at radius 3 is 2.93 bits per heavy atom. The second-order valence-corrected chi connectivity index (χ2v) is 3.44. The molecule has 0 saturated carbocycles. The molecule has 0 bridgehead atoms. The van der Waals surface area contributed by atoms with Crippen LogP contribution >= 0.6 is 0 Å². The minimum atomic E-state index is 0.245. The van der Waals surface area contributed by atoms with E-state index in [0.717, 1.165) is 17.9 Å². The summed E-state index contributed by atoms with van der Waals surface area (Å²) in [5.74, 6) is 0. The van der Waals surface area contributed by atoms with Crippen molar-refractivity contribution < 1.29 is 0 Å². The zero-order chi connectivity index (χ0) is 10.5. The van der Waals surface area contributed by atoms with Crippen LogP contribution in [0.15, 0.2) is 36.7 Å². The monoisotopic (exact) mass is 202 g/mol. The number of H-pyrrole nitrogens is 1. The molecule has 0 aliphatic carbocycles. The Hall–Kier alpha value is -1.68. The minimum Gasteiger partial charge on any atom is -0.303 e. The van der Waals surface area contributed by atoms with E-state index in [4.69, 9.17) is 0 Å². The number of hydrogen-bond donors (Lipinski definition) is 2. The molecule has 0 aromatic carbocycles. The van der Waals surface area contributed by atoms with Gasteiger partial charge in [0.25, 0.3) is 0 Å². The first-order chi connectivity index (χ1) is 7.36. The van der Waals surface area contributed by atoms with E-state index in [2.05, 4.69) is 27.4 Å². The van der Waals surface area contributed by atoms with Crippen LogP contribution in [-0.4, -0.2) is 15.2 Å². The lowest BCUT2D eigenvalue weighted by Crippen LogP contribution is -2.19. The minimum absolute atomic E-state index is 0.245. The molecule has 78 valence electrons. The molecule has 4 heteroatoms. The van der Waals surface area contributed by atoms with E-state index in [1.807, 2.05) is 30.5 Å². The summed E-state index contributed by atoms with van der Waals surface area (Å²) in [6.45, 7) is 2.87. The summed E-state index contributed by atoms with van der Waals surface area (Å²) in [5, 5.41) is 10.2. The lowest BCUT2D eigenvalue weighted by Gasteiger charge is -2.11. The molecule has 2 aromatic rings. The largest absolute Gasteiger partial charge is 0.303 e. The molecule has 0 unspecified atom stereocenters. The molecule has 2 aromatic heterocycles. The van der Waals surface area contributed by atoms with Crippen LogP contribution in [0.3, 0.4) is 0 Å². The molecule has 0 saturated heterocycles. The Morgan fingerprint density at radius 1 is 1.33 bits per heavy atom. The van der Waals surface area contributed by atoms with Crippen LogP contribution in [0.2, 0.25) is 0 Å². The number of hydrogen-bond acceptors (Lipinski definition) is 3. The second-order valence-electron chi connectivity index (χ2n) is 3.44. The summed E-state index contributed by atoms with van der Waals surface area (Å²) in [5.41, 5.74) is 2.13. The fraction of sp³-hybridized carbons (Fsp3) is 0.273. The molecule has 4 nitrogen and oxygen atoms in total. The summed E-state index contributed by atoms with van der Waals surface area (Å²) >= 11 is 0. The number of aromatic amines is 1. The van der Waals surface area contributed by atoms with Crippen molar-refractivity contribution in [2.75, 3.05) is 0 Å². The van der Waals surface area contributed by atoms with Gasteiger partial charge in [-0.05, 0) is 25.1 Å². The quantitative estimate of drug-likeness (QED) is 0.792. The van der Waals surface area contributed by atoms with Crippen molar-refractivity contribution in [1.82, 2.24) is 20.5 Å². The van der Waals surface area contributed by atoms with Gasteiger partial charge in [-0.25, -0.2) is 0 Å². The molecule has 0 fully saturated rings. The fourth-order valence-electron chi connectivity index (χ4n) is 1.38. The maximum Gasteiger partial charge on any atom is 0.0570 e. The van der Waals surface area contributed by atoms with Crippen molar-refractivity contribution in [3.05, 3.63) is 48.0 Å². The third-order valence-electron chi connectivity index (χ3n) is 2.29. The third kappa shape index (κ3) is 2.63. The zero-order valence-electron chi connectivity index (χ0n) is 8.64. The Balaban J connectivity index is 1.90. The third-order valence-corrected chi connectivity index (χ3v) is 2.29. The van der Waals surface area contributed by atoms with Gasteiger partial charge in [-0.3, -0.25) is 10.1 Å². The molecule has 15 heavy (non-hydrogen) atoms. The average Bonchev–Trinajstić information content (AvgIpc) is 2.80. The highest BCUT2D eigenvalue weighted by atomic mass is 15.1. The van der Waals surface area contributed by atoms with Crippen molar-refractivity contribution in [2.24, 2.45) is 0 Å². The first kappa shape index (κ1) is 9.86. The van der Waals surface area contributed by atoms with Gasteiger partial charge in [-0.2, -0.15) is 5.10 Å². The predicted molar refractivity (Wildman–Crippen MR) is 58.1 cm³/mol. The predicted octanol–water partition coefficient (Wildman–Crippen LogP) is 1.66. The number of pyridine rings is 1. The highest BCUT2D eigenvalue weighted by Crippen LogP contribution is 2.08. The van der Waals surface area contributed by atoms with Gasteiger partial charge in [-0.1, -0.05) is 6.07 Å². The highest BCUT2D eigenvalue weighted by molar-refractivity contribution is 5.08. The van der Waals surface area contributed by atoms with Gasteiger partial charge in [0.1, 0.15) is 0 Å². The Labute approximate surface area is 88.8 Å². The van der Waals surface area contributed by atoms with Crippen LogP contribution in [0.1, 0.15) is 24.4 Å². The topological polar surface area (TPSA) is 53.6 Å². The van der Waals surface area contributed by atoms with Gasteiger partial charge < -0.3 is 5.32 Å². The fourth-order valence-corrected chi connectivity index (χ4v) is 1.38. The molecule has 2 rings (SSSR count). The van der Waals surface area contributed by atoms with E-state index < -0.39 is 0 Å². The molecular weight excluding hydrogens is 188 g/mol. The first-order valence-electron chi connectivity index (χ1n) is 4.99. The lowest BCUT2D eigenvalue weighted by molar-refractivity contribution is 0.554. The van der Waals surface area contributed by atoms with Gasteiger partial charge in [0.2, 0.25) is 0 Å². The van der Waals surface area contributed by atoms with E-state index in [-0.39, 0.29) is 6.04 Å². The van der Waals surface area contributed by atoms with Crippen LogP contribution in [0, 0.1) is 0 Å². The van der Waals surface area contributed by atoms with Crippen LogP contribution in [0.5, 0.6) is 0 Å². The average molecular weight is 202 g/mol. The van der Waals surface area contributed by atoms with E-state index in [0.29, 0.717) is 0 Å². The molecule has 0 radical (unpaired) electrons. The van der Waals surface area contributed by atoms with E-state index in [1.54, 1.807) is 6.20 Å². The molecule has 0 spiro atoms. The Kier molecular flexibility index (Phi) is 3.09. The lowest BCUT2D eigenvalue weighted by atomic mass is 10.2. The highest BCUT2D eigenvalue weighted by Gasteiger charge is 2.05. The van der Waals surface area contributed by atoms with Crippen molar-refractivity contribution in [3.63, 3.8) is 0 Å². The van der Waals surface area contributed by atoms with E-state index in [1.165, 1.54) is 0 Å². The van der Waals surface area contributed by atoms with Crippen LogP contribution in [0.25, 0.3) is 0 Å². The van der Waals surface area contributed by atoms with E-state index >= 15 is 0 Å². The zero-order valence-corrected chi connectivity index (χ0v) is 8.64. The molecule has 2 N–H and O–H groups in total. The van der Waals surface area contributed by atoms with Gasteiger partial charge in [0.05, 0.1) is 5.69 Å². The Bertz CT molecular complexity index is 382.